The highest BCUT2D eigenvalue weighted by Gasteiger charge is 2.01. The minimum Gasteiger partial charge on any atom is -0.0622 e. The summed E-state index contributed by atoms with van der Waals surface area (Å²) in [5, 5.41) is 7.91. The van der Waals surface area contributed by atoms with Crippen LogP contribution in [0.3, 0.4) is 0 Å². The quantitative estimate of drug-likeness (QED) is 0.250. The van der Waals surface area contributed by atoms with E-state index in [4.69, 9.17) is 0 Å². The second kappa shape index (κ2) is 8.23. The molecule has 0 saturated heterocycles. The Morgan fingerprint density at radius 2 is 0.700 bits per heavy atom. The van der Waals surface area contributed by atoms with Crippen LogP contribution in [0.5, 0.6) is 0 Å². The van der Waals surface area contributed by atoms with Crippen molar-refractivity contribution in [2.24, 2.45) is 0 Å². The van der Waals surface area contributed by atoms with E-state index in [1.54, 1.807) is 0 Å². The largest absolute Gasteiger partial charge is 0.0622 e. The topological polar surface area (TPSA) is 0 Å². The van der Waals surface area contributed by atoms with Crippen molar-refractivity contribution in [2.45, 2.75) is 0 Å². The summed E-state index contributed by atoms with van der Waals surface area (Å²) >= 11 is 0. The van der Waals surface area contributed by atoms with Gasteiger partial charge in [-0.05, 0) is 43.4 Å². The molecule has 0 amide bonds. The summed E-state index contributed by atoms with van der Waals surface area (Å²) in [6, 6.07) is 46.8. The minimum atomic E-state index is 1.28. The van der Waals surface area contributed by atoms with Crippen molar-refractivity contribution in [1.29, 1.82) is 0 Å². The number of fused-ring (bicyclic) bond motifs is 4. The monoisotopic (exact) mass is 382 g/mol. The lowest BCUT2D eigenvalue weighted by atomic mass is 9.98. The van der Waals surface area contributed by atoms with Crippen LogP contribution in [0.2, 0.25) is 0 Å². The van der Waals surface area contributed by atoms with Crippen LogP contribution in [0.4, 0.5) is 0 Å². The summed E-state index contributed by atoms with van der Waals surface area (Å²) in [5.41, 5.74) is 2.58. The molecule has 0 nitrogen and oxygen atoms in total. The maximum Gasteiger partial charge on any atom is -0.0105 e. The first-order valence-electron chi connectivity index (χ1n) is 10.3. The Morgan fingerprint density at radius 3 is 1.30 bits per heavy atom. The van der Waals surface area contributed by atoms with Gasteiger partial charge < -0.3 is 0 Å². The molecule has 6 aromatic rings. The standard InChI is InChI=1S/C16H12.C14H10/c1-2-7-13(8-3-1)16-12-6-10-14-9-4-5-11-15(14)16;1-3-7-13-11(5-1)9-10-12-6-2-4-8-14(12)13/h1-12H;1-10H. The van der Waals surface area contributed by atoms with E-state index in [1.165, 1.54) is 43.4 Å². The van der Waals surface area contributed by atoms with Crippen molar-refractivity contribution in [3.8, 4) is 11.1 Å². The van der Waals surface area contributed by atoms with Gasteiger partial charge in [-0.25, -0.2) is 0 Å². The van der Waals surface area contributed by atoms with E-state index in [9.17, 15) is 0 Å². The Morgan fingerprint density at radius 1 is 0.267 bits per heavy atom. The summed E-state index contributed by atoms with van der Waals surface area (Å²) in [5.74, 6) is 0. The van der Waals surface area contributed by atoms with Gasteiger partial charge in [0, 0.05) is 0 Å². The molecule has 0 aliphatic carbocycles. The normalized spacial score (nSPS) is 10.7. The van der Waals surface area contributed by atoms with Crippen LogP contribution in [0.15, 0.2) is 133 Å². The lowest BCUT2D eigenvalue weighted by Crippen LogP contribution is -1.79. The van der Waals surface area contributed by atoms with Gasteiger partial charge in [0.1, 0.15) is 0 Å². The molecule has 0 bridgehead atoms. The average Bonchev–Trinajstić information content (AvgIpc) is 2.84. The molecular formula is C30H22. The van der Waals surface area contributed by atoms with Gasteiger partial charge in [0.15, 0.2) is 0 Å². The van der Waals surface area contributed by atoms with Crippen LogP contribution in [0.1, 0.15) is 0 Å². The highest BCUT2D eigenvalue weighted by atomic mass is 14.1. The molecule has 0 saturated carbocycles. The molecule has 30 heavy (non-hydrogen) atoms. The number of benzene rings is 6. The molecule has 0 aromatic heterocycles. The molecule has 0 fully saturated rings. The van der Waals surface area contributed by atoms with Crippen molar-refractivity contribution >= 4 is 32.3 Å². The fourth-order valence-electron chi connectivity index (χ4n) is 4.05. The molecule has 0 heterocycles. The third kappa shape index (κ3) is 3.56. The van der Waals surface area contributed by atoms with E-state index in [0.29, 0.717) is 0 Å². The Bertz CT molecular complexity index is 1370. The van der Waals surface area contributed by atoms with Crippen LogP contribution >= 0.6 is 0 Å². The Hall–Kier alpha value is -3.90. The summed E-state index contributed by atoms with van der Waals surface area (Å²) in [7, 11) is 0. The average molecular weight is 383 g/mol. The molecule has 6 rings (SSSR count). The molecule has 0 aliphatic rings. The fourth-order valence-corrected chi connectivity index (χ4v) is 4.05. The van der Waals surface area contributed by atoms with Gasteiger partial charge in [0.05, 0.1) is 0 Å². The SMILES string of the molecule is c1ccc(-c2cccc3ccccc23)cc1.c1ccc2c(c1)ccc1ccccc12. The lowest BCUT2D eigenvalue weighted by molar-refractivity contribution is 1.65. The highest BCUT2D eigenvalue weighted by Crippen LogP contribution is 2.28. The summed E-state index contributed by atoms with van der Waals surface area (Å²) in [4.78, 5) is 0. The Labute approximate surface area is 177 Å². The van der Waals surface area contributed by atoms with Gasteiger partial charge in [-0.1, -0.05) is 133 Å². The van der Waals surface area contributed by atoms with Crippen molar-refractivity contribution < 1.29 is 0 Å². The van der Waals surface area contributed by atoms with Crippen molar-refractivity contribution in [1.82, 2.24) is 0 Å². The van der Waals surface area contributed by atoms with Crippen LogP contribution in [-0.2, 0) is 0 Å². The lowest BCUT2D eigenvalue weighted by Gasteiger charge is -2.06. The van der Waals surface area contributed by atoms with Gasteiger partial charge in [-0.3, -0.25) is 0 Å². The van der Waals surface area contributed by atoms with Gasteiger partial charge in [0.2, 0.25) is 0 Å². The second-order valence-corrected chi connectivity index (χ2v) is 7.40. The third-order valence-electron chi connectivity index (χ3n) is 5.53. The van der Waals surface area contributed by atoms with Crippen molar-refractivity contribution in [3.05, 3.63) is 133 Å². The maximum atomic E-state index is 2.18. The maximum absolute atomic E-state index is 2.18. The van der Waals surface area contributed by atoms with E-state index in [0.717, 1.165) is 0 Å². The highest BCUT2D eigenvalue weighted by molar-refractivity contribution is 6.07. The molecule has 0 unspecified atom stereocenters. The summed E-state index contributed by atoms with van der Waals surface area (Å²) in [6.45, 7) is 0. The van der Waals surface area contributed by atoms with Crippen molar-refractivity contribution in [2.75, 3.05) is 0 Å². The Balaban J connectivity index is 0.000000130. The molecule has 0 atom stereocenters. The number of hydrogen-bond acceptors (Lipinski definition) is 0. The molecule has 142 valence electrons. The first-order valence-corrected chi connectivity index (χ1v) is 10.3. The fraction of sp³-hybridized carbons (Fsp3) is 0. The molecule has 0 radical (unpaired) electrons. The van der Waals surface area contributed by atoms with E-state index in [1.807, 2.05) is 0 Å². The molecule has 0 heteroatoms. The van der Waals surface area contributed by atoms with E-state index in [2.05, 4.69) is 133 Å². The van der Waals surface area contributed by atoms with Crippen LogP contribution in [0, 0.1) is 0 Å². The minimum absolute atomic E-state index is 1.28. The van der Waals surface area contributed by atoms with Crippen LogP contribution in [0.25, 0.3) is 43.4 Å². The first-order chi connectivity index (χ1) is 14.9. The van der Waals surface area contributed by atoms with E-state index < -0.39 is 0 Å². The predicted molar refractivity (Wildman–Crippen MR) is 131 cm³/mol. The zero-order chi connectivity index (χ0) is 20.2. The molecule has 6 aromatic carbocycles. The zero-order valence-corrected chi connectivity index (χ0v) is 16.7. The van der Waals surface area contributed by atoms with Gasteiger partial charge in [-0.2, -0.15) is 0 Å². The van der Waals surface area contributed by atoms with Crippen LogP contribution < -0.4 is 0 Å². The number of hydrogen-bond donors (Lipinski definition) is 0. The summed E-state index contributed by atoms with van der Waals surface area (Å²) < 4.78 is 0. The van der Waals surface area contributed by atoms with Gasteiger partial charge >= 0.3 is 0 Å². The third-order valence-corrected chi connectivity index (χ3v) is 5.53. The van der Waals surface area contributed by atoms with E-state index in [-0.39, 0.29) is 0 Å². The zero-order valence-electron chi connectivity index (χ0n) is 16.7. The molecular weight excluding hydrogens is 360 g/mol. The van der Waals surface area contributed by atoms with Crippen LogP contribution in [-0.4, -0.2) is 0 Å². The summed E-state index contributed by atoms with van der Waals surface area (Å²) in [6.07, 6.45) is 0. The van der Waals surface area contributed by atoms with Gasteiger partial charge in [0.25, 0.3) is 0 Å². The number of rotatable bonds is 1. The molecule has 0 aliphatic heterocycles. The van der Waals surface area contributed by atoms with E-state index >= 15 is 0 Å². The predicted octanol–water partition coefficient (Wildman–Crippen LogP) is 8.50. The van der Waals surface area contributed by atoms with Gasteiger partial charge in [-0.15, -0.1) is 0 Å². The first kappa shape index (κ1) is 18.1. The Kier molecular flexibility index (Phi) is 4.98. The smallest absolute Gasteiger partial charge is 0.0105 e. The molecule has 0 N–H and O–H groups in total. The second-order valence-electron chi connectivity index (χ2n) is 7.40. The van der Waals surface area contributed by atoms with Crippen molar-refractivity contribution in [3.63, 3.8) is 0 Å². The molecule has 0 spiro atoms.